The van der Waals surface area contributed by atoms with Crippen molar-refractivity contribution in [2.24, 2.45) is 11.7 Å². The van der Waals surface area contributed by atoms with Gasteiger partial charge in [0, 0.05) is 14.1 Å². The second-order valence-corrected chi connectivity index (χ2v) is 4.73. The molecule has 19 heavy (non-hydrogen) atoms. The summed E-state index contributed by atoms with van der Waals surface area (Å²) in [5.41, 5.74) is 4.53. The number of rotatable bonds is 4. The molecule has 0 spiro atoms. The van der Waals surface area contributed by atoms with Gasteiger partial charge in [-0.05, 0) is 41.8 Å². The smallest absolute Gasteiger partial charge is 0.0514 e. The molecule has 4 N–H and O–H groups in total. The van der Waals surface area contributed by atoms with Crippen LogP contribution in [0, 0.1) is 0 Å². The maximum Gasteiger partial charge on any atom is 0.0514 e. The molecule has 0 saturated carbocycles. The molecular weight excluding hydrogens is 236 g/mol. The van der Waals surface area contributed by atoms with Gasteiger partial charge in [0.1, 0.15) is 0 Å². The van der Waals surface area contributed by atoms with Crippen LogP contribution in [0.3, 0.4) is 0 Å². The zero-order valence-corrected chi connectivity index (χ0v) is 11.4. The summed E-state index contributed by atoms with van der Waals surface area (Å²) in [4.78, 5) is 0. The highest BCUT2D eigenvalue weighted by Crippen LogP contribution is 2.17. The van der Waals surface area contributed by atoms with Gasteiger partial charge in [-0.25, -0.2) is 11.7 Å². The van der Waals surface area contributed by atoms with Gasteiger partial charge in [0.05, 0.1) is 11.4 Å². The Labute approximate surface area is 114 Å². The van der Waals surface area contributed by atoms with E-state index in [0.29, 0.717) is 0 Å². The van der Waals surface area contributed by atoms with E-state index in [1.165, 1.54) is 11.1 Å². The van der Waals surface area contributed by atoms with Crippen LogP contribution in [-0.4, -0.2) is 14.1 Å². The van der Waals surface area contributed by atoms with Crippen molar-refractivity contribution in [2.75, 3.05) is 24.1 Å². The molecule has 4 nitrogen and oxygen atoms in total. The van der Waals surface area contributed by atoms with Crippen molar-refractivity contribution in [3.63, 3.8) is 0 Å². The highest BCUT2D eigenvalue weighted by atomic mass is 15.4. The van der Waals surface area contributed by atoms with E-state index in [2.05, 4.69) is 24.3 Å². The largest absolute Gasteiger partial charge is 0.314 e. The van der Waals surface area contributed by atoms with Gasteiger partial charge in [0.25, 0.3) is 0 Å². The molecule has 0 aromatic heterocycles. The van der Waals surface area contributed by atoms with E-state index in [0.717, 1.165) is 17.8 Å². The van der Waals surface area contributed by atoms with Crippen LogP contribution in [0.1, 0.15) is 11.1 Å². The van der Waals surface area contributed by atoms with E-state index < -0.39 is 0 Å². The normalized spacial score (nSPS) is 10.3. The zero-order valence-electron chi connectivity index (χ0n) is 11.4. The maximum atomic E-state index is 5.68. The fraction of sp³-hybridized carbons (Fsp3) is 0.200. The number of benzene rings is 2. The number of hydrogen-bond donors (Lipinski definition) is 2. The summed E-state index contributed by atoms with van der Waals surface area (Å²) < 4.78 is 0. The lowest BCUT2D eigenvalue weighted by molar-refractivity contribution is 1.01. The number of anilines is 2. The standard InChI is InChI=1S/C15H20N4/c1-18(16)14-7-3-12(4-8-14)11-13-5-9-15(10-6-13)19(2)17/h3-10H,11,16-17H2,1-2H3. The summed E-state index contributed by atoms with van der Waals surface area (Å²) in [6.45, 7) is 0. The topological polar surface area (TPSA) is 58.5 Å². The fourth-order valence-electron chi connectivity index (χ4n) is 1.93. The van der Waals surface area contributed by atoms with Crippen molar-refractivity contribution in [3.8, 4) is 0 Å². The molecule has 4 heteroatoms. The third-order valence-corrected chi connectivity index (χ3v) is 3.10. The van der Waals surface area contributed by atoms with Crippen LogP contribution in [0.5, 0.6) is 0 Å². The van der Waals surface area contributed by atoms with Crippen molar-refractivity contribution in [1.29, 1.82) is 0 Å². The first kappa shape index (κ1) is 13.4. The number of nitrogens with two attached hydrogens (primary N) is 2. The predicted octanol–water partition coefficient (Wildman–Crippen LogP) is 1.90. The minimum absolute atomic E-state index is 0.906. The summed E-state index contributed by atoms with van der Waals surface area (Å²) in [5, 5.41) is 3.21. The molecule has 0 unspecified atom stereocenters. The second-order valence-electron chi connectivity index (χ2n) is 4.73. The van der Waals surface area contributed by atoms with E-state index in [1.54, 1.807) is 10.0 Å². The maximum absolute atomic E-state index is 5.68. The van der Waals surface area contributed by atoms with E-state index >= 15 is 0 Å². The fourth-order valence-corrected chi connectivity index (χ4v) is 1.93. The molecule has 0 bridgehead atoms. The average Bonchev–Trinajstić information content (AvgIpc) is 2.40. The Morgan fingerprint density at radius 3 is 1.26 bits per heavy atom. The quantitative estimate of drug-likeness (QED) is 0.648. The predicted molar refractivity (Wildman–Crippen MR) is 80.9 cm³/mol. The molecule has 0 aliphatic carbocycles. The van der Waals surface area contributed by atoms with E-state index in [4.69, 9.17) is 11.7 Å². The molecule has 2 aromatic rings. The average molecular weight is 256 g/mol. The molecule has 2 aromatic carbocycles. The third kappa shape index (κ3) is 3.47. The minimum atomic E-state index is 0.906. The van der Waals surface area contributed by atoms with Crippen molar-refractivity contribution < 1.29 is 0 Å². The van der Waals surface area contributed by atoms with Crippen molar-refractivity contribution in [1.82, 2.24) is 0 Å². The van der Waals surface area contributed by atoms with Gasteiger partial charge in [-0.1, -0.05) is 24.3 Å². The van der Waals surface area contributed by atoms with Gasteiger partial charge in [0.15, 0.2) is 0 Å². The molecule has 0 aliphatic heterocycles. The Bertz CT molecular complexity index is 465. The van der Waals surface area contributed by atoms with E-state index in [9.17, 15) is 0 Å². The van der Waals surface area contributed by atoms with Gasteiger partial charge in [-0.2, -0.15) is 0 Å². The molecule has 0 amide bonds. The Kier molecular flexibility index (Phi) is 4.04. The molecular formula is C15H20N4. The molecule has 2 rings (SSSR count). The summed E-state index contributed by atoms with van der Waals surface area (Å²) in [6, 6.07) is 16.5. The zero-order chi connectivity index (χ0) is 13.8. The van der Waals surface area contributed by atoms with Crippen molar-refractivity contribution in [2.45, 2.75) is 6.42 Å². The Hall–Kier alpha value is -2.04. The van der Waals surface area contributed by atoms with E-state index in [1.807, 2.05) is 38.4 Å². The Morgan fingerprint density at radius 2 is 1.00 bits per heavy atom. The summed E-state index contributed by atoms with van der Waals surface area (Å²) in [5.74, 6) is 11.4. The van der Waals surface area contributed by atoms with Gasteiger partial charge >= 0.3 is 0 Å². The van der Waals surface area contributed by atoms with Gasteiger partial charge in [-0.15, -0.1) is 0 Å². The molecule has 0 radical (unpaired) electrons. The summed E-state index contributed by atoms with van der Waals surface area (Å²) in [6.07, 6.45) is 0.906. The van der Waals surface area contributed by atoms with Crippen LogP contribution in [0.15, 0.2) is 48.5 Å². The lowest BCUT2D eigenvalue weighted by Gasteiger charge is -2.13. The van der Waals surface area contributed by atoms with Crippen LogP contribution >= 0.6 is 0 Å². The first-order chi connectivity index (χ1) is 9.06. The Morgan fingerprint density at radius 1 is 0.684 bits per heavy atom. The number of nitrogens with zero attached hydrogens (tertiary/aromatic N) is 2. The molecule has 0 saturated heterocycles. The lowest BCUT2D eigenvalue weighted by Crippen LogP contribution is -2.24. The van der Waals surface area contributed by atoms with Crippen LogP contribution < -0.4 is 21.7 Å². The highest BCUT2D eigenvalue weighted by molar-refractivity contribution is 5.48. The lowest BCUT2D eigenvalue weighted by atomic mass is 10.0. The van der Waals surface area contributed by atoms with Gasteiger partial charge < -0.3 is 10.0 Å². The van der Waals surface area contributed by atoms with Crippen LogP contribution in [0.25, 0.3) is 0 Å². The minimum Gasteiger partial charge on any atom is -0.314 e. The molecule has 0 aliphatic rings. The molecule has 100 valence electrons. The van der Waals surface area contributed by atoms with Crippen molar-refractivity contribution in [3.05, 3.63) is 59.7 Å². The van der Waals surface area contributed by atoms with Gasteiger partial charge in [0.2, 0.25) is 0 Å². The third-order valence-electron chi connectivity index (χ3n) is 3.10. The second kappa shape index (κ2) is 5.73. The van der Waals surface area contributed by atoms with Gasteiger partial charge in [-0.3, -0.25) is 0 Å². The summed E-state index contributed by atoms with van der Waals surface area (Å²) in [7, 11) is 3.66. The molecule has 0 atom stereocenters. The van der Waals surface area contributed by atoms with E-state index in [-0.39, 0.29) is 0 Å². The Balaban J connectivity index is 2.08. The highest BCUT2D eigenvalue weighted by Gasteiger charge is 2.00. The SMILES string of the molecule is CN(N)c1ccc(Cc2ccc(N(C)N)cc2)cc1. The number of hydrazine groups is 2. The number of hydrogen-bond acceptors (Lipinski definition) is 4. The molecule has 0 heterocycles. The van der Waals surface area contributed by atoms with Crippen LogP contribution in [-0.2, 0) is 6.42 Å². The molecule has 0 fully saturated rings. The van der Waals surface area contributed by atoms with Crippen LogP contribution in [0.2, 0.25) is 0 Å². The monoisotopic (exact) mass is 256 g/mol. The summed E-state index contributed by atoms with van der Waals surface area (Å²) >= 11 is 0. The van der Waals surface area contributed by atoms with Crippen molar-refractivity contribution >= 4 is 11.4 Å². The van der Waals surface area contributed by atoms with Crippen LogP contribution in [0.4, 0.5) is 11.4 Å². The first-order valence-corrected chi connectivity index (χ1v) is 6.21. The first-order valence-electron chi connectivity index (χ1n) is 6.21.